The summed E-state index contributed by atoms with van der Waals surface area (Å²) < 4.78 is 33.2. The minimum atomic E-state index is -4.67. The van der Waals surface area contributed by atoms with Crippen LogP contribution in [0, 0.1) is 0 Å². The van der Waals surface area contributed by atoms with E-state index in [0.717, 1.165) is 11.8 Å². The number of hydrogen-bond donors (Lipinski definition) is 5. The summed E-state index contributed by atoms with van der Waals surface area (Å²) in [7, 11) is -4.67. The van der Waals surface area contributed by atoms with E-state index in [1.165, 1.54) is 0 Å². The molecule has 6 N–H and O–H groups in total. The fourth-order valence-corrected chi connectivity index (χ4v) is 3.41. The van der Waals surface area contributed by atoms with Gasteiger partial charge in [0, 0.05) is 17.9 Å². The molecular weight excluding hydrogens is 397 g/mol. The quantitative estimate of drug-likeness (QED) is 0.164. The number of aliphatic carboxylic acids is 2. The highest BCUT2D eigenvalue weighted by molar-refractivity contribution is 8.00. The Bertz CT molecular complexity index is 628. The topological polar surface area (TPSA) is 193 Å². The lowest BCUT2D eigenvalue weighted by Crippen LogP contribution is -2.49. The molecule has 0 saturated heterocycles. The third kappa shape index (κ3) is 12.4. The molecule has 0 radical (unpaired) electrons. The average molecular weight is 417 g/mol. The van der Waals surface area contributed by atoms with Crippen LogP contribution in [0.15, 0.2) is 0 Å². The minimum Gasteiger partial charge on any atom is -0.480 e. The molecule has 11 nitrogen and oxygen atoms in total. The van der Waals surface area contributed by atoms with Crippen LogP contribution in [0.25, 0.3) is 0 Å². The van der Waals surface area contributed by atoms with E-state index in [9.17, 15) is 31.5 Å². The maximum Gasteiger partial charge on any atom is 0.322 e. The van der Waals surface area contributed by atoms with Gasteiger partial charge in [-0.2, -0.15) is 20.2 Å². The molecule has 2 atom stereocenters. The number of thioether (sulfide) groups is 1. The first-order valence-electron chi connectivity index (χ1n) is 7.19. The number of rotatable bonds is 13. The third-order valence-electron chi connectivity index (χ3n) is 2.82. The number of carboxylic acid groups (broad SMARTS) is 2. The number of carbonyl (C=O) groups is 4. The van der Waals surface area contributed by atoms with E-state index in [4.69, 9.17) is 15.9 Å². The van der Waals surface area contributed by atoms with E-state index >= 15 is 0 Å². The van der Waals surface area contributed by atoms with Gasteiger partial charge in [-0.1, -0.05) is 0 Å². The minimum absolute atomic E-state index is 0.141. The van der Waals surface area contributed by atoms with E-state index in [1.807, 2.05) is 0 Å². The zero-order valence-corrected chi connectivity index (χ0v) is 15.1. The molecule has 0 aliphatic rings. The number of hydrogen-bond acceptors (Lipinski definition) is 8. The lowest BCUT2D eigenvalue weighted by Gasteiger charge is -2.18. The fourth-order valence-electron chi connectivity index (χ4n) is 1.51. The first-order valence-corrected chi connectivity index (χ1v) is 9.90. The van der Waals surface area contributed by atoms with Crippen molar-refractivity contribution in [2.45, 2.75) is 24.9 Å². The lowest BCUT2D eigenvalue weighted by atomic mass is 10.1. The summed E-state index contributed by atoms with van der Waals surface area (Å²) in [5.74, 6) is -5.24. The van der Waals surface area contributed by atoms with Crippen molar-refractivity contribution in [3.05, 3.63) is 0 Å². The predicted octanol–water partition coefficient (Wildman–Crippen LogP) is -2.10. The van der Waals surface area contributed by atoms with Gasteiger partial charge in [-0.25, -0.2) is 0 Å². The molecule has 0 aromatic heterocycles. The molecule has 2 unspecified atom stereocenters. The van der Waals surface area contributed by atoms with Crippen LogP contribution in [0.5, 0.6) is 0 Å². The maximum absolute atomic E-state index is 12.4. The molecule has 0 bridgehead atoms. The van der Waals surface area contributed by atoms with Crippen molar-refractivity contribution < 1.29 is 41.7 Å². The summed E-state index contributed by atoms with van der Waals surface area (Å²) >= 11 is 0.861. The molecule has 0 aromatic carbocycles. The van der Waals surface area contributed by atoms with E-state index in [0.29, 0.717) is 0 Å². The number of halogens is 1. The molecule has 14 heteroatoms. The normalized spacial score (nSPS) is 13.5. The van der Waals surface area contributed by atoms with Gasteiger partial charge in [0.1, 0.15) is 18.6 Å². The van der Waals surface area contributed by atoms with Crippen LogP contribution in [0.3, 0.4) is 0 Å². The monoisotopic (exact) mass is 417 g/mol. The van der Waals surface area contributed by atoms with Crippen LogP contribution >= 0.6 is 11.8 Å². The number of carboxylic acids is 2. The van der Waals surface area contributed by atoms with Crippen LogP contribution in [-0.2, 0) is 29.4 Å². The van der Waals surface area contributed by atoms with Crippen molar-refractivity contribution in [3.63, 3.8) is 0 Å². The van der Waals surface area contributed by atoms with Gasteiger partial charge < -0.3 is 26.6 Å². The Morgan fingerprint density at radius 1 is 1.19 bits per heavy atom. The van der Waals surface area contributed by atoms with Gasteiger partial charge in [0.05, 0.1) is 5.75 Å². The van der Waals surface area contributed by atoms with E-state index in [2.05, 4.69) is 10.6 Å². The van der Waals surface area contributed by atoms with Gasteiger partial charge in [-0.05, 0) is 6.42 Å². The summed E-state index contributed by atoms with van der Waals surface area (Å²) in [5.41, 5.74) is 5.25. The van der Waals surface area contributed by atoms with Crippen LogP contribution < -0.4 is 16.4 Å². The number of carbonyl (C=O) groups excluding carboxylic acids is 2. The van der Waals surface area contributed by atoms with Gasteiger partial charge >= 0.3 is 22.2 Å². The van der Waals surface area contributed by atoms with Crippen LogP contribution in [-0.4, -0.2) is 78.3 Å². The van der Waals surface area contributed by atoms with Crippen LogP contribution in [0.4, 0.5) is 3.89 Å². The van der Waals surface area contributed by atoms with Crippen molar-refractivity contribution in [2.75, 3.05) is 23.8 Å². The summed E-state index contributed by atoms with van der Waals surface area (Å²) in [4.78, 5) is 44.8. The van der Waals surface area contributed by atoms with E-state index in [-0.39, 0.29) is 24.3 Å². The van der Waals surface area contributed by atoms with Gasteiger partial charge in [0.15, 0.2) is 0 Å². The summed E-state index contributed by atoms with van der Waals surface area (Å²) in [6, 6.07) is -2.47. The molecule has 0 aliphatic heterocycles. The van der Waals surface area contributed by atoms with Crippen LogP contribution in [0.1, 0.15) is 12.8 Å². The largest absolute Gasteiger partial charge is 0.480 e. The molecule has 0 saturated carbocycles. The predicted molar refractivity (Wildman–Crippen MR) is 89.6 cm³/mol. The Balaban J connectivity index is 4.64. The second-order valence-corrected chi connectivity index (χ2v) is 7.67. The molecule has 150 valence electrons. The number of nitrogens with two attached hydrogens (primary N) is 1. The molecule has 0 aliphatic carbocycles. The van der Waals surface area contributed by atoms with Crippen molar-refractivity contribution >= 4 is 45.7 Å². The van der Waals surface area contributed by atoms with Crippen molar-refractivity contribution in [2.24, 2.45) is 5.73 Å². The smallest absolute Gasteiger partial charge is 0.322 e. The molecule has 26 heavy (non-hydrogen) atoms. The summed E-state index contributed by atoms with van der Waals surface area (Å²) in [6.07, 6.45) is -0.475. The second-order valence-electron chi connectivity index (χ2n) is 5.03. The Hall–Kier alpha value is -1.93. The van der Waals surface area contributed by atoms with E-state index in [1.54, 1.807) is 0 Å². The summed E-state index contributed by atoms with van der Waals surface area (Å²) in [5, 5.41) is 21.5. The highest BCUT2D eigenvalue weighted by atomic mass is 32.3. The molecule has 0 aromatic rings. The Morgan fingerprint density at radius 2 is 1.81 bits per heavy atom. The molecule has 0 fully saturated rings. The van der Waals surface area contributed by atoms with E-state index < -0.39 is 58.4 Å². The van der Waals surface area contributed by atoms with Crippen molar-refractivity contribution in [3.8, 4) is 0 Å². The zero-order valence-electron chi connectivity index (χ0n) is 13.5. The Labute approximate surface area is 153 Å². The molecule has 0 rings (SSSR count). The highest BCUT2D eigenvalue weighted by Gasteiger charge is 2.22. The van der Waals surface area contributed by atoms with Crippen molar-refractivity contribution in [1.29, 1.82) is 0 Å². The van der Waals surface area contributed by atoms with Crippen molar-refractivity contribution in [1.82, 2.24) is 10.6 Å². The first kappa shape index (κ1) is 24.1. The third-order valence-corrected chi connectivity index (χ3v) is 4.83. The number of amides is 2. The Morgan fingerprint density at radius 3 is 2.31 bits per heavy atom. The number of nitrogens with one attached hydrogen (secondary N) is 2. The highest BCUT2D eigenvalue weighted by Crippen LogP contribution is 2.07. The molecule has 0 heterocycles. The molecular formula is C12H20FN3O8S2. The Kier molecular flexibility index (Phi) is 10.8. The summed E-state index contributed by atoms with van der Waals surface area (Å²) in [6.45, 7) is -0.696. The standard InChI is InChI=1S/C12H20FN3O8S2/c13-26(23,24)4-3-25-6-8(11(20)15-5-10(18)19)16-9(17)2-1-7(14)12(21)22/h7-8H,1-6,14H2,(H,15,20)(H,16,17)(H,18,19)(H,21,22). The van der Waals surface area contributed by atoms with Gasteiger partial charge in [0.25, 0.3) is 0 Å². The SMILES string of the molecule is NC(CCC(=O)NC(CSCCS(=O)(=O)F)C(=O)NCC(=O)O)C(=O)O. The van der Waals surface area contributed by atoms with Crippen LogP contribution in [0.2, 0.25) is 0 Å². The molecule has 2 amide bonds. The van der Waals surface area contributed by atoms with Gasteiger partial charge in [-0.3, -0.25) is 19.2 Å². The lowest BCUT2D eigenvalue weighted by molar-refractivity contribution is -0.139. The van der Waals surface area contributed by atoms with Gasteiger partial charge in [0.2, 0.25) is 11.8 Å². The maximum atomic E-state index is 12.4. The molecule has 0 spiro atoms. The van der Waals surface area contributed by atoms with Gasteiger partial charge in [-0.15, -0.1) is 3.89 Å². The fraction of sp³-hybridized carbons (Fsp3) is 0.667. The first-order chi connectivity index (χ1) is 11.9. The zero-order chi connectivity index (χ0) is 20.3. The average Bonchev–Trinajstić information content (AvgIpc) is 2.51. The second kappa shape index (κ2) is 11.6.